The SMILES string of the molecule is CCC(NC(=O)C(F)(F)F)C1CN(Cl)C1. The first kappa shape index (κ1) is 12.6. The molecule has 1 saturated heterocycles. The van der Waals surface area contributed by atoms with Crippen molar-refractivity contribution in [3.05, 3.63) is 0 Å². The smallest absolute Gasteiger partial charge is 0.345 e. The molecular formula is C8H12ClF3N2O. The number of nitrogens with zero attached hydrogens (tertiary/aromatic N) is 1. The van der Waals surface area contributed by atoms with Crippen molar-refractivity contribution < 1.29 is 18.0 Å². The van der Waals surface area contributed by atoms with Gasteiger partial charge in [0.15, 0.2) is 0 Å². The van der Waals surface area contributed by atoms with E-state index >= 15 is 0 Å². The second-order valence-electron chi connectivity index (χ2n) is 3.57. The van der Waals surface area contributed by atoms with Crippen LogP contribution < -0.4 is 5.32 Å². The Labute approximate surface area is 90.7 Å². The minimum Gasteiger partial charge on any atom is -0.345 e. The van der Waals surface area contributed by atoms with Gasteiger partial charge in [-0.05, 0) is 18.2 Å². The van der Waals surface area contributed by atoms with Gasteiger partial charge in [0.05, 0.1) is 0 Å². The van der Waals surface area contributed by atoms with Crippen molar-refractivity contribution in [2.45, 2.75) is 25.6 Å². The quantitative estimate of drug-likeness (QED) is 0.764. The van der Waals surface area contributed by atoms with Gasteiger partial charge in [-0.2, -0.15) is 13.2 Å². The zero-order valence-corrected chi connectivity index (χ0v) is 8.90. The lowest BCUT2D eigenvalue weighted by molar-refractivity contribution is -0.175. The molecule has 0 aromatic rings. The maximum Gasteiger partial charge on any atom is 0.471 e. The van der Waals surface area contributed by atoms with Crippen molar-refractivity contribution in [1.82, 2.24) is 9.74 Å². The van der Waals surface area contributed by atoms with Crippen LogP contribution in [-0.2, 0) is 4.79 Å². The van der Waals surface area contributed by atoms with Crippen LogP contribution in [0.4, 0.5) is 13.2 Å². The van der Waals surface area contributed by atoms with Crippen molar-refractivity contribution in [1.29, 1.82) is 0 Å². The molecule has 88 valence electrons. The number of carbonyl (C=O) groups excluding carboxylic acids is 1. The van der Waals surface area contributed by atoms with E-state index in [1.54, 1.807) is 6.92 Å². The highest BCUT2D eigenvalue weighted by molar-refractivity contribution is 6.13. The lowest BCUT2D eigenvalue weighted by Gasteiger charge is -2.39. The Morgan fingerprint density at radius 1 is 1.60 bits per heavy atom. The van der Waals surface area contributed by atoms with Crippen LogP contribution >= 0.6 is 11.8 Å². The largest absolute Gasteiger partial charge is 0.471 e. The standard InChI is InChI=1S/C8H12ClF3N2O/c1-2-6(5-3-14(9)4-5)13-7(15)8(10,11)12/h5-6H,2-4H2,1H3,(H,13,15). The zero-order chi connectivity index (χ0) is 11.6. The molecule has 3 nitrogen and oxygen atoms in total. The van der Waals surface area contributed by atoms with Crippen LogP contribution in [0.25, 0.3) is 0 Å². The lowest BCUT2D eigenvalue weighted by Crippen LogP contribution is -2.55. The number of rotatable bonds is 3. The first-order valence-corrected chi connectivity index (χ1v) is 4.96. The summed E-state index contributed by atoms with van der Waals surface area (Å²) in [4.78, 5) is 10.7. The predicted molar refractivity (Wildman–Crippen MR) is 49.2 cm³/mol. The molecule has 1 heterocycles. The molecule has 1 N–H and O–H groups in total. The van der Waals surface area contributed by atoms with Crippen LogP contribution in [0.1, 0.15) is 13.3 Å². The minimum atomic E-state index is -4.81. The van der Waals surface area contributed by atoms with E-state index < -0.39 is 18.1 Å². The van der Waals surface area contributed by atoms with Crippen molar-refractivity contribution in [2.75, 3.05) is 13.1 Å². The fraction of sp³-hybridized carbons (Fsp3) is 0.875. The number of halogens is 4. The van der Waals surface area contributed by atoms with Gasteiger partial charge in [-0.3, -0.25) is 4.79 Å². The van der Waals surface area contributed by atoms with Gasteiger partial charge in [-0.1, -0.05) is 6.92 Å². The van der Waals surface area contributed by atoms with Gasteiger partial charge in [-0.15, -0.1) is 0 Å². The molecule has 1 fully saturated rings. The van der Waals surface area contributed by atoms with E-state index in [0.717, 1.165) is 0 Å². The zero-order valence-electron chi connectivity index (χ0n) is 8.14. The second kappa shape index (κ2) is 4.57. The molecule has 1 amide bonds. The summed E-state index contributed by atoms with van der Waals surface area (Å²) in [5.74, 6) is -1.86. The average molecular weight is 245 g/mol. The van der Waals surface area contributed by atoms with Crippen LogP contribution in [0, 0.1) is 5.92 Å². The second-order valence-corrected chi connectivity index (χ2v) is 4.05. The summed E-state index contributed by atoms with van der Waals surface area (Å²) < 4.78 is 37.4. The highest BCUT2D eigenvalue weighted by Gasteiger charge is 2.42. The van der Waals surface area contributed by atoms with Crippen LogP contribution in [-0.4, -0.2) is 35.6 Å². The van der Waals surface area contributed by atoms with E-state index in [1.807, 2.05) is 5.32 Å². The van der Waals surface area contributed by atoms with Gasteiger partial charge in [0.2, 0.25) is 0 Å². The molecule has 0 saturated carbocycles. The Morgan fingerprint density at radius 3 is 2.47 bits per heavy atom. The first-order chi connectivity index (χ1) is 6.84. The Kier molecular flexibility index (Phi) is 3.83. The maximum absolute atomic E-state index is 12.0. The van der Waals surface area contributed by atoms with Crippen LogP contribution in [0.15, 0.2) is 0 Å². The molecular weight excluding hydrogens is 233 g/mol. The third kappa shape index (κ3) is 3.24. The first-order valence-electron chi connectivity index (χ1n) is 4.63. The highest BCUT2D eigenvalue weighted by Crippen LogP contribution is 2.24. The molecule has 0 bridgehead atoms. The maximum atomic E-state index is 12.0. The Balaban J connectivity index is 2.44. The number of nitrogens with one attached hydrogen (secondary N) is 1. The molecule has 15 heavy (non-hydrogen) atoms. The number of alkyl halides is 3. The van der Waals surface area contributed by atoms with Gasteiger partial charge in [-0.25, -0.2) is 4.42 Å². The topological polar surface area (TPSA) is 32.3 Å². The molecule has 1 aliphatic heterocycles. The van der Waals surface area contributed by atoms with E-state index in [0.29, 0.717) is 19.5 Å². The third-order valence-corrected chi connectivity index (χ3v) is 2.72. The lowest BCUT2D eigenvalue weighted by atomic mass is 9.92. The van der Waals surface area contributed by atoms with Gasteiger partial charge < -0.3 is 5.32 Å². The summed E-state index contributed by atoms with van der Waals surface area (Å²) in [6.45, 7) is 2.76. The number of hydrogen-bond donors (Lipinski definition) is 1. The third-order valence-electron chi connectivity index (χ3n) is 2.45. The van der Waals surface area contributed by atoms with Crippen LogP contribution in [0.5, 0.6) is 0 Å². The average Bonchev–Trinajstić information content (AvgIpc) is 2.07. The van der Waals surface area contributed by atoms with Crippen molar-refractivity contribution >= 4 is 17.7 Å². The van der Waals surface area contributed by atoms with Crippen molar-refractivity contribution in [3.63, 3.8) is 0 Å². The van der Waals surface area contributed by atoms with E-state index in [2.05, 4.69) is 0 Å². The normalized spacial score (nSPS) is 20.9. The predicted octanol–water partition coefficient (Wildman–Crippen LogP) is 1.53. The summed E-state index contributed by atoms with van der Waals surface area (Å²) in [7, 11) is 0. The van der Waals surface area contributed by atoms with Crippen molar-refractivity contribution in [3.8, 4) is 0 Å². The summed E-state index contributed by atoms with van der Waals surface area (Å²) in [6.07, 6.45) is -4.34. The van der Waals surface area contributed by atoms with Crippen molar-refractivity contribution in [2.24, 2.45) is 5.92 Å². The molecule has 0 radical (unpaired) electrons. The molecule has 0 aromatic heterocycles. The fourth-order valence-corrected chi connectivity index (χ4v) is 1.87. The van der Waals surface area contributed by atoms with E-state index in [4.69, 9.17) is 11.8 Å². The summed E-state index contributed by atoms with van der Waals surface area (Å²) in [5, 5.41) is 1.98. The van der Waals surface area contributed by atoms with Crippen LogP contribution in [0.2, 0.25) is 0 Å². The monoisotopic (exact) mass is 244 g/mol. The molecule has 1 unspecified atom stereocenters. The van der Waals surface area contributed by atoms with Gasteiger partial charge in [0.25, 0.3) is 0 Å². The molecule has 1 aliphatic rings. The minimum absolute atomic E-state index is 0.0128. The molecule has 0 spiro atoms. The summed E-state index contributed by atoms with van der Waals surface area (Å²) >= 11 is 5.57. The Bertz CT molecular complexity index is 241. The molecule has 0 aliphatic carbocycles. The Morgan fingerprint density at radius 2 is 2.13 bits per heavy atom. The van der Waals surface area contributed by atoms with Gasteiger partial charge >= 0.3 is 12.1 Å². The van der Waals surface area contributed by atoms with E-state index in [-0.39, 0.29) is 5.92 Å². The summed E-state index contributed by atoms with van der Waals surface area (Å²) in [5.41, 5.74) is 0. The molecule has 1 rings (SSSR count). The highest BCUT2D eigenvalue weighted by atomic mass is 35.5. The molecule has 1 atom stereocenters. The van der Waals surface area contributed by atoms with E-state index in [9.17, 15) is 18.0 Å². The molecule has 0 aromatic carbocycles. The molecule has 7 heteroatoms. The number of amides is 1. The number of carbonyl (C=O) groups is 1. The van der Waals surface area contributed by atoms with Gasteiger partial charge in [0.1, 0.15) is 0 Å². The number of hydrogen-bond acceptors (Lipinski definition) is 2. The fourth-order valence-electron chi connectivity index (χ4n) is 1.51. The van der Waals surface area contributed by atoms with E-state index in [1.165, 1.54) is 4.42 Å². The summed E-state index contributed by atoms with van der Waals surface area (Å²) in [6, 6.07) is -0.450. The van der Waals surface area contributed by atoms with Crippen LogP contribution in [0.3, 0.4) is 0 Å². The Hall–Kier alpha value is -0.490. The van der Waals surface area contributed by atoms with Gasteiger partial charge in [0, 0.05) is 25.0 Å².